The Morgan fingerprint density at radius 3 is 2.87 bits per heavy atom. The Bertz CT molecular complexity index is 1400. The van der Waals surface area contributed by atoms with Crippen LogP contribution in [-0.4, -0.2) is 63.9 Å². The number of aliphatic carboxylic acids is 1. The number of esters is 1. The number of aliphatic imine (C=N–C) groups is 1. The van der Waals surface area contributed by atoms with Crippen LogP contribution >= 0.6 is 33.9 Å². The van der Waals surface area contributed by atoms with Gasteiger partial charge in [-0.2, -0.15) is 0 Å². The number of rotatable bonds is 8. The fourth-order valence-electron chi connectivity index (χ4n) is 5.93. The average Bonchev–Trinajstić information content (AvgIpc) is 3.57. The van der Waals surface area contributed by atoms with Crippen molar-refractivity contribution in [1.82, 2.24) is 15.2 Å². The second kappa shape index (κ2) is 10.9. The number of nitrogens with one attached hydrogen (secondary N) is 1. The molecule has 5 rings (SSSR count). The van der Waals surface area contributed by atoms with Crippen LogP contribution in [0.4, 0.5) is 8.78 Å². The number of alkyl halides is 2. The molecule has 4 heterocycles. The Hall–Kier alpha value is -2.89. The number of hydrogen-bond acceptors (Lipinski definition) is 8. The van der Waals surface area contributed by atoms with Crippen molar-refractivity contribution in [3.8, 4) is 12.3 Å². The molecule has 2 N–H and O–H groups in total. The number of carbonyl (C=O) groups excluding carboxylic acids is 1. The number of carboxylic acids is 1. The minimum atomic E-state index is -3.04. The fourth-order valence-corrected chi connectivity index (χ4v) is 7.19. The summed E-state index contributed by atoms with van der Waals surface area (Å²) in [7, 11) is 0. The first-order valence-corrected chi connectivity index (χ1v) is 14.4. The van der Waals surface area contributed by atoms with Crippen LogP contribution < -0.4 is 5.32 Å². The topological polar surface area (TPSA) is 104 Å². The van der Waals surface area contributed by atoms with E-state index >= 15 is 8.78 Å². The van der Waals surface area contributed by atoms with Crippen molar-refractivity contribution >= 4 is 51.7 Å². The normalized spacial score (nSPS) is 25.7. The number of aromatic nitrogens is 1. The van der Waals surface area contributed by atoms with Gasteiger partial charge < -0.3 is 15.2 Å². The monoisotopic (exact) mass is 666 g/mol. The number of hydrogen-bond donors (Lipinski definition) is 2. The first kappa shape index (κ1) is 27.7. The van der Waals surface area contributed by atoms with Crippen molar-refractivity contribution in [3.63, 3.8) is 0 Å². The predicted octanol–water partition coefficient (Wildman–Crippen LogP) is 4.21. The van der Waals surface area contributed by atoms with Crippen LogP contribution in [0.5, 0.6) is 0 Å². The van der Waals surface area contributed by atoms with Crippen LogP contribution in [0.1, 0.15) is 48.4 Å². The number of halogens is 3. The first-order chi connectivity index (χ1) is 18.6. The highest BCUT2D eigenvalue weighted by molar-refractivity contribution is 14.1. The highest BCUT2D eigenvalue weighted by Crippen LogP contribution is 2.52. The number of thiazole rings is 1. The predicted molar refractivity (Wildman–Crippen MR) is 149 cm³/mol. The van der Waals surface area contributed by atoms with Crippen molar-refractivity contribution in [2.24, 2.45) is 10.9 Å². The highest BCUT2D eigenvalue weighted by Gasteiger charge is 2.62. The molecule has 4 atom stereocenters. The molecule has 0 amide bonds. The molecule has 2 saturated heterocycles. The second-order valence-electron chi connectivity index (χ2n) is 9.63. The summed E-state index contributed by atoms with van der Waals surface area (Å²) in [5.74, 6) is -2.39. The molecule has 2 aromatic rings. The maximum Gasteiger partial charge on any atom is 0.338 e. The summed E-state index contributed by atoms with van der Waals surface area (Å²) < 4.78 is 36.4. The van der Waals surface area contributed by atoms with E-state index in [9.17, 15) is 14.7 Å². The molecule has 0 saturated carbocycles. The lowest BCUT2D eigenvalue weighted by atomic mass is 9.84. The van der Waals surface area contributed by atoms with Gasteiger partial charge in [0.05, 0.1) is 18.2 Å². The third-order valence-electron chi connectivity index (χ3n) is 7.31. The number of ether oxygens (including phenoxy) is 1. The van der Waals surface area contributed by atoms with E-state index < -0.39 is 41.9 Å². The molecule has 8 nitrogen and oxygen atoms in total. The smallest absolute Gasteiger partial charge is 0.338 e. The van der Waals surface area contributed by atoms with Gasteiger partial charge in [0.15, 0.2) is 10.8 Å². The summed E-state index contributed by atoms with van der Waals surface area (Å²) in [6, 6.07) is 2.83. The molecule has 1 aromatic heterocycles. The largest absolute Gasteiger partial charge is 0.481 e. The lowest BCUT2D eigenvalue weighted by Crippen LogP contribution is -2.45. The first-order valence-electron chi connectivity index (χ1n) is 12.4. The lowest BCUT2D eigenvalue weighted by molar-refractivity contribution is -0.140. The molecular weight excluding hydrogens is 641 g/mol. The zero-order valence-corrected chi connectivity index (χ0v) is 23.8. The molecule has 12 heteroatoms. The van der Waals surface area contributed by atoms with Crippen LogP contribution in [0.15, 0.2) is 46.0 Å². The van der Waals surface area contributed by atoms with Gasteiger partial charge in [-0.3, -0.25) is 14.7 Å². The molecule has 0 aliphatic carbocycles. The van der Waals surface area contributed by atoms with Crippen molar-refractivity contribution < 1.29 is 28.2 Å². The zero-order valence-electron chi connectivity index (χ0n) is 20.9. The van der Waals surface area contributed by atoms with Crippen molar-refractivity contribution in [2.75, 3.05) is 13.2 Å². The van der Waals surface area contributed by atoms with Crippen LogP contribution in [-0.2, 0) is 14.3 Å². The summed E-state index contributed by atoms with van der Waals surface area (Å²) in [5, 5.41) is 14.9. The van der Waals surface area contributed by atoms with Crippen LogP contribution in [0.25, 0.3) is 0 Å². The Morgan fingerprint density at radius 2 is 2.21 bits per heavy atom. The number of amidine groups is 1. The second-order valence-corrected chi connectivity index (χ2v) is 11.7. The van der Waals surface area contributed by atoms with E-state index in [2.05, 4.69) is 38.8 Å². The van der Waals surface area contributed by atoms with Crippen LogP contribution in [0.3, 0.4) is 0 Å². The van der Waals surface area contributed by atoms with E-state index in [1.807, 2.05) is 12.1 Å². The molecule has 204 valence electrons. The minimum absolute atomic E-state index is 0.0363. The third-order valence-corrected chi connectivity index (χ3v) is 8.99. The van der Waals surface area contributed by atoms with E-state index in [1.165, 1.54) is 11.3 Å². The summed E-state index contributed by atoms with van der Waals surface area (Å²) in [6.07, 6.45) is 7.14. The molecule has 1 aromatic carbocycles. The summed E-state index contributed by atoms with van der Waals surface area (Å²) in [5.41, 5.74) is 1.73. The fraction of sp³-hybridized carbons (Fsp3) is 0.407. The lowest BCUT2D eigenvalue weighted by Gasteiger charge is -2.32. The van der Waals surface area contributed by atoms with Crippen LogP contribution in [0, 0.1) is 21.8 Å². The van der Waals surface area contributed by atoms with E-state index in [0.29, 0.717) is 34.1 Å². The van der Waals surface area contributed by atoms with Crippen LogP contribution in [0.2, 0.25) is 0 Å². The van der Waals surface area contributed by atoms with Gasteiger partial charge in [0.1, 0.15) is 6.04 Å². The Kier molecular flexibility index (Phi) is 7.76. The molecule has 2 bridgehead atoms. The van der Waals surface area contributed by atoms with Gasteiger partial charge in [-0.15, -0.1) is 17.8 Å². The SMILES string of the molecule is C#Cc1c(I)cccc1[C@@H]1N=C(c2nccs2)NC(CN2[C@@H]3C[C@@H](CC(=O)O)[C@H]2C(F)(F)C3)=C1C(=O)OCC. The van der Waals surface area contributed by atoms with Gasteiger partial charge in [-0.05, 0) is 53.5 Å². The number of carboxylic acid groups (broad SMARTS) is 1. The molecule has 0 unspecified atom stereocenters. The van der Waals surface area contributed by atoms with Crippen molar-refractivity contribution in [1.29, 1.82) is 0 Å². The molecule has 3 aliphatic rings. The zero-order chi connectivity index (χ0) is 27.9. The number of benzene rings is 1. The van der Waals surface area contributed by atoms with Crippen molar-refractivity contribution in [3.05, 3.63) is 60.8 Å². The third kappa shape index (κ3) is 5.19. The van der Waals surface area contributed by atoms with Crippen molar-refractivity contribution in [2.45, 2.75) is 50.2 Å². The minimum Gasteiger partial charge on any atom is -0.481 e. The Labute approximate surface area is 241 Å². The summed E-state index contributed by atoms with van der Waals surface area (Å²) >= 11 is 3.47. The maximum atomic E-state index is 15.1. The molecule has 39 heavy (non-hydrogen) atoms. The van der Waals surface area contributed by atoms with Gasteiger partial charge in [-0.1, -0.05) is 18.1 Å². The van der Waals surface area contributed by atoms with E-state index in [1.54, 1.807) is 29.5 Å². The summed E-state index contributed by atoms with van der Waals surface area (Å²) in [6.45, 7) is 1.75. The number of terminal acetylenes is 1. The van der Waals surface area contributed by atoms with Gasteiger partial charge in [0.25, 0.3) is 5.92 Å². The van der Waals surface area contributed by atoms with Gasteiger partial charge in [-0.25, -0.2) is 18.6 Å². The van der Waals surface area contributed by atoms with Gasteiger partial charge >= 0.3 is 11.9 Å². The molecule has 0 spiro atoms. The maximum absolute atomic E-state index is 15.1. The van der Waals surface area contributed by atoms with E-state index in [4.69, 9.17) is 16.2 Å². The average molecular weight is 666 g/mol. The molecule has 3 aliphatic heterocycles. The quantitative estimate of drug-likeness (QED) is 0.247. The molecular formula is C27H25F2IN4O4S. The molecule has 2 fully saturated rings. The van der Waals surface area contributed by atoms with E-state index in [-0.39, 0.29) is 31.6 Å². The standard InChI is InChI=1S/C27H25F2IN4O4S/c1-3-16-17(6-5-7-18(16)30)22-21(26(37)38-4-2)19(32-24(33-22)25-31-8-9-39-25)13-34-15-10-14(11-20(35)36)23(34)27(28,29)12-15/h1,5-9,14-15,22-23H,4,10-13H2,2H3,(H,32,33)(H,35,36)/t14-,15+,22-,23-/m0/s1. The number of fused-ring (bicyclic) bond motifs is 2. The van der Waals surface area contributed by atoms with E-state index in [0.717, 1.165) is 3.57 Å². The summed E-state index contributed by atoms with van der Waals surface area (Å²) in [4.78, 5) is 35.7. The van der Waals surface area contributed by atoms with Gasteiger partial charge in [0, 0.05) is 51.8 Å². The number of carbonyl (C=O) groups is 2. The molecule has 0 radical (unpaired) electrons. The Balaban J connectivity index is 1.63. The highest BCUT2D eigenvalue weighted by atomic mass is 127. The number of nitrogens with zero attached hydrogens (tertiary/aromatic N) is 3. The Morgan fingerprint density at radius 1 is 1.41 bits per heavy atom. The van der Waals surface area contributed by atoms with Gasteiger partial charge in [0.2, 0.25) is 0 Å².